The number of phosphoric ester groups is 2. The van der Waals surface area contributed by atoms with Gasteiger partial charge in [-0.2, -0.15) is 0 Å². The second-order valence-corrected chi connectivity index (χ2v) is 35.4. The van der Waals surface area contributed by atoms with Crippen molar-refractivity contribution in [1.82, 2.24) is 0 Å². The standard InChI is InChI=1S/C89H174O17P2/c1-6-9-12-15-18-21-24-26-28-29-30-31-32-33-38-42-46-50-55-60-65-70-75-89(94)106-85(79-100-87(92)73-68-63-58-53-48-44-41-37-35-34-36-40-43-47-51-56-61-66-71-82(4)5)81-104-108(97,98)102-77-83(90)76-101-107(95,96)103-80-84(78-99-86(91)72-67-62-57-52-23-20-17-14-11-8-3)105-88(93)74-69-64-59-54-49-45-39-27-25-22-19-16-13-10-7-2/h82-85,90H,6-81H2,1-5H3,(H,95,96)(H,97,98)/t83-,84+,85+/m0/s1. The highest BCUT2D eigenvalue weighted by molar-refractivity contribution is 7.47. The molecule has 0 fully saturated rings. The summed E-state index contributed by atoms with van der Waals surface area (Å²) in [7, 11) is -9.93. The van der Waals surface area contributed by atoms with Crippen LogP contribution in [0.5, 0.6) is 0 Å². The van der Waals surface area contributed by atoms with Crippen LogP contribution in [0.1, 0.15) is 484 Å². The Morgan fingerprint density at radius 1 is 0.250 bits per heavy atom. The molecule has 0 aromatic rings. The van der Waals surface area contributed by atoms with E-state index in [2.05, 4.69) is 34.6 Å². The smallest absolute Gasteiger partial charge is 0.462 e. The summed E-state index contributed by atoms with van der Waals surface area (Å²) in [6, 6.07) is 0. The first-order valence-electron chi connectivity index (χ1n) is 46.1. The van der Waals surface area contributed by atoms with E-state index < -0.39 is 97.5 Å². The Balaban J connectivity index is 5.20. The van der Waals surface area contributed by atoms with E-state index in [0.29, 0.717) is 25.7 Å². The van der Waals surface area contributed by atoms with Gasteiger partial charge in [0.25, 0.3) is 0 Å². The number of hydrogen-bond acceptors (Lipinski definition) is 15. The maximum Gasteiger partial charge on any atom is 0.472 e. The highest BCUT2D eigenvalue weighted by atomic mass is 31.2. The molecule has 108 heavy (non-hydrogen) atoms. The van der Waals surface area contributed by atoms with E-state index in [1.165, 1.54) is 308 Å². The van der Waals surface area contributed by atoms with Crippen LogP contribution in [-0.2, 0) is 65.4 Å². The van der Waals surface area contributed by atoms with E-state index >= 15 is 0 Å². The second kappa shape index (κ2) is 81.6. The number of carbonyl (C=O) groups is 4. The van der Waals surface area contributed by atoms with Crippen molar-refractivity contribution in [2.45, 2.75) is 502 Å². The first-order chi connectivity index (χ1) is 52.5. The van der Waals surface area contributed by atoms with Gasteiger partial charge in [0, 0.05) is 25.7 Å². The summed E-state index contributed by atoms with van der Waals surface area (Å²) in [4.78, 5) is 73.3. The third kappa shape index (κ3) is 82.1. The van der Waals surface area contributed by atoms with Crippen molar-refractivity contribution in [3.05, 3.63) is 0 Å². The lowest BCUT2D eigenvalue weighted by Crippen LogP contribution is -2.30. The Morgan fingerprint density at radius 2 is 0.426 bits per heavy atom. The monoisotopic (exact) mass is 1580 g/mol. The molecule has 0 rings (SSSR count). The molecule has 0 spiro atoms. The van der Waals surface area contributed by atoms with Crippen LogP contribution in [0.3, 0.4) is 0 Å². The Morgan fingerprint density at radius 3 is 0.630 bits per heavy atom. The first-order valence-corrected chi connectivity index (χ1v) is 49.1. The van der Waals surface area contributed by atoms with E-state index in [0.717, 1.165) is 95.8 Å². The molecule has 642 valence electrons. The number of aliphatic hydroxyl groups excluding tert-OH is 1. The van der Waals surface area contributed by atoms with E-state index in [1.54, 1.807) is 0 Å². The van der Waals surface area contributed by atoms with Gasteiger partial charge in [0.1, 0.15) is 19.3 Å². The number of carbonyl (C=O) groups excluding carboxylic acids is 4. The summed E-state index contributed by atoms with van der Waals surface area (Å²) >= 11 is 0. The molecular weight excluding hydrogens is 1400 g/mol. The fraction of sp³-hybridized carbons (Fsp3) is 0.955. The zero-order valence-corrected chi connectivity index (χ0v) is 72.8. The summed E-state index contributed by atoms with van der Waals surface area (Å²) in [6.45, 7) is 7.41. The van der Waals surface area contributed by atoms with Gasteiger partial charge in [-0.05, 0) is 31.6 Å². The van der Waals surface area contributed by atoms with Crippen LogP contribution < -0.4 is 0 Å². The van der Waals surface area contributed by atoms with Crippen molar-refractivity contribution in [3.8, 4) is 0 Å². The van der Waals surface area contributed by atoms with Gasteiger partial charge in [-0.1, -0.05) is 433 Å². The summed E-state index contributed by atoms with van der Waals surface area (Å²) in [5.74, 6) is -1.27. The lowest BCUT2D eigenvalue weighted by Gasteiger charge is -2.21. The molecule has 0 bridgehead atoms. The number of rotatable bonds is 89. The molecule has 0 saturated heterocycles. The molecule has 19 heteroatoms. The fourth-order valence-electron chi connectivity index (χ4n) is 14.0. The van der Waals surface area contributed by atoms with Crippen LogP contribution in [0.2, 0.25) is 0 Å². The number of ether oxygens (including phenoxy) is 4. The summed E-state index contributed by atoms with van der Waals surface area (Å²) in [6.07, 6.45) is 76.5. The molecule has 2 unspecified atom stereocenters. The molecule has 0 aliphatic rings. The molecule has 17 nitrogen and oxygen atoms in total. The molecule has 3 N–H and O–H groups in total. The van der Waals surface area contributed by atoms with Crippen LogP contribution >= 0.6 is 15.6 Å². The van der Waals surface area contributed by atoms with Crippen LogP contribution in [0.25, 0.3) is 0 Å². The Labute approximate surface area is 664 Å². The van der Waals surface area contributed by atoms with Crippen molar-refractivity contribution in [2.24, 2.45) is 5.92 Å². The van der Waals surface area contributed by atoms with E-state index in [-0.39, 0.29) is 25.7 Å². The highest BCUT2D eigenvalue weighted by Crippen LogP contribution is 2.45. The second-order valence-electron chi connectivity index (χ2n) is 32.5. The summed E-state index contributed by atoms with van der Waals surface area (Å²) < 4.78 is 69.0. The van der Waals surface area contributed by atoms with Crippen molar-refractivity contribution in [2.75, 3.05) is 39.6 Å². The first kappa shape index (κ1) is 106. The zero-order valence-electron chi connectivity index (χ0n) is 71.0. The third-order valence-electron chi connectivity index (χ3n) is 21.0. The quantitative estimate of drug-likeness (QED) is 0.0222. The van der Waals surface area contributed by atoms with Gasteiger partial charge < -0.3 is 33.8 Å². The average molecular weight is 1580 g/mol. The van der Waals surface area contributed by atoms with Crippen molar-refractivity contribution >= 4 is 39.5 Å². The molecule has 0 saturated carbocycles. The molecule has 0 aromatic heterocycles. The lowest BCUT2D eigenvalue weighted by atomic mass is 10.0. The summed E-state index contributed by atoms with van der Waals surface area (Å²) in [5.41, 5.74) is 0. The molecule has 0 aliphatic heterocycles. The molecule has 0 heterocycles. The van der Waals surface area contributed by atoms with Crippen molar-refractivity contribution in [1.29, 1.82) is 0 Å². The maximum atomic E-state index is 13.2. The Kier molecular flexibility index (Phi) is 80.2. The van der Waals surface area contributed by atoms with E-state index in [1.807, 2.05) is 0 Å². The Bertz CT molecular complexity index is 2050. The number of aliphatic hydroxyl groups is 1. The van der Waals surface area contributed by atoms with Crippen molar-refractivity contribution in [3.63, 3.8) is 0 Å². The molecule has 0 radical (unpaired) electrons. The maximum absolute atomic E-state index is 13.2. The normalized spacial score (nSPS) is 13.7. The lowest BCUT2D eigenvalue weighted by molar-refractivity contribution is -0.161. The number of hydrogen-bond donors (Lipinski definition) is 3. The molecule has 0 amide bonds. The number of esters is 4. The average Bonchev–Trinajstić information content (AvgIpc) is 0.897. The van der Waals surface area contributed by atoms with Crippen molar-refractivity contribution < 1.29 is 80.2 Å². The van der Waals surface area contributed by atoms with E-state index in [9.17, 15) is 43.2 Å². The minimum Gasteiger partial charge on any atom is -0.462 e. The van der Waals surface area contributed by atoms with Crippen LogP contribution in [0.15, 0.2) is 0 Å². The highest BCUT2D eigenvalue weighted by Gasteiger charge is 2.30. The van der Waals surface area contributed by atoms with Crippen LogP contribution in [-0.4, -0.2) is 96.7 Å². The van der Waals surface area contributed by atoms with E-state index in [4.69, 9.17) is 37.0 Å². The van der Waals surface area contributed by atoms with Crippen LogP contribution in [0, 0.1) is 5.92 Å². The predicted octanol–water partition coefficient (Wildman–Crippen LogP) is 27.5. The van der Waals surface area contributed by atoms with Gasteiger partial charge in [-0.25, -0.2) is 9.13 Å². The molecule has 0 aliphatic carbocycles. The van der Waals surface area contributed by atoms with Crippen LogP contribution in [0.4, 0.5) is 0 Å². The topological polar surface area (TPSA) is 237 Å². The molecule has 0 aromatic carbocycles. The van der Waals surface area contributed by atoms with Gasteiger partial charge in [0.2, 0.25) is 0 Å². The number of phosphoric acid groups is 2. The number of unbranched alkanes of at least 4 members (excludes halogenated alkanes) is 61. The Hall–Kier alpha value is -1.94. The molecule has 5 atom stereocenters. The largest absolute Gasteiger partial charge is 0.472 e. The SMILES string of the molecule is CCCCCCCCCCCCCCCCCCCCCCCCC(=O)O[C@H](COC(=O)CCCCCCCCCCCCCCCCCCCCC(C)C)COP(=O)(O)OC[C@@H](O)COP(=O)(O)OC[C@@H](COC(=O)CCCCCCCCCCCC)OC(=O)CCCCCCCCCCCCCCCCC. The van der Waals surface area contributed by atoms with Gasteiger partial charge in [-0.15, -0.1) is 0 Å². The zero-order chi connectivity index (χ0) is 79.0. The molecular formula is C89H174O17P2. The fourth-order valence-corrected chi connectivity index (χ4v) is 15.6. The van der Waals surface area contributed by atoms with Gasteiger partial charge in [-0.3, -0.25) is 37.3 Å². The third-order valence-corrected chi connectivity index (χ3v) is 22.9. The van der Waals surface area contributed by atoms with Gasteiger partial charge in [0.15, 0.2) is 12.2 Å². The van der Waals surface area contributed by atoms with Gasteiger partial charge >= 0.3 is 39.5 Å². The predicted molar refractivity (Wildman–Crippen MR) is 446 cm³/mol. The minimum atomic E-state index is -4.97. The summed E-state index contributed by atoms with van der Waals surface area (Å²) in [5, 5.41) is 10.7. The van der Waals surface area contributed by atoms with Gasteiger partial charge in [0.05, 0.1) is 26.4 Å². The minimum absolute atomic E-state index is 0.109.